The third kappa shape index (κ3) is 8.40. The molecule has 44 heavy (non-hydrogen) atoms. The Balaban J connectivity index is 1.81. The fourth-order valence-electron chi connectivity index (χ4n) is 4.68. The van der Waals surface area contributed by atoms with Gasteiger partial charge in [0.05, 0.1) is 10.6 Å². The molecule has 0 aliphatic rings. The van der Waals surface area contributed by atoms with Crippen molar-refractivity contribution >= 4 is 50.7 Å². The molecule has 10 heteroatoms. The van der Waals surface area contributed by atoms with Crippen molar-refractivity contribution in [1.29, 1.82) is 0 Å². The highest BCUT2D eigenvalue weighted by molar-refractivity contribution is 7.92. The fraction of sp³-hybridized carbons (Fsp3) is 0.235. The van der Waals surface area contributed by atoms with Crippen LogP contribution in [-0.2, 0) is 32.6 Å². The molecule has 0 unspecified atom stereocenters. The molecule has 1 N–H and O–H groups in total. The third-order valence-electron chi connectivity index (χ3n) is 7.28. The predicted molar refractivity (Wildman–Crippen MR) is 176 cm³/mol. The zero-order valence-electron chi connectivity index (χ0n) is 24.6. The zero-order chi connectivity index (χ0) is 31.7. The van der Waals surface area contributed by atoms with Gasteiger partial charge in [-0.1, -0.05) is 103 Å². The zero-order valence-corrected chi connectivity index (χ0v) is 26.9. The normalized spacial score (nSPS) is 12.6. The van der Waals surface area contributed by atoms with Crippen LogP contribution in [0, 0.1) is 0 Å². The lowest BCUT2D eigenvalue weighted by atomic mass is 10.0. The molecule has 7 nitrogen and oxygen atoms in total. The van der Waals surface area contributed by atoms with Crippen LogP contribution in [-0.4, -0.2) is 43.8 Å². The number of nitrogens with one attached hydrogen (secondary N) is 1. The van der Waals surface area contributed by atoms with E-state index < -0.39 is 28.5 Å². The van der Waals surface area contributed by atoms with Crippen molar-refractivity contribution < 1.29 is 18.0 Å². The van der Waals surface area contributed by atoms with Crippen molar-refractivity contribution in [2.45, 2.75) is 50.2 Å². The van der Waals surface area contributed by atoms with Gasteiger partial charge in [0.25, 0.3) is 10.0 Å². The number of anilines is 1. The van der Waals surface area contributed by atoms with Gasteiger partial charge < -0.3 is 10.2 Å². The Bertz CT molecular complexity index is 1670. The summed E-state index contributed by atoms with van der Waals surface area (Å²) in [6.07, 6.45) is 0.905. The second kappa shape index (κ2) is 15.2. The molecular formula is C34H35Cl2N3O4S. The maximum absolute atomic E-state index is 14.5. The van der Waals surface area contributed by atoms with Gasteiger partial charge in [0.1, 0.15) is 12.6 Å². The summed E-state index contributed by atoms with van der Waals surface area (Å²) in [4.78, 5) is 29.8. The highest BCUT2D eigenvalue weighted by Crippen LogP contribution is 2.28. The van der Waals surface area contributed by atoms with E-state index in [1.807, 2.05) is 44.2 Å². The van der Waals surface area contributed by atoms with Gasteiger partial charge in [-0.2, -0.15) is 0 Å². The molecule has 4 aromatic carbocycles. The van der Waals surface area contributed by atoms with Crippen LogP contribution in [0.25, 0.3) is 0 Å². The van der Waals surface area contributed by atoms with Gasteiger partial charge in [0, 0.05) is 29.1 Å². The smallest absolute Gasteiger partial charge is 0.264 e. The maximum Gasteiger partial charge on any atom is 0.264 e. The molecule has 0 fully saturated rings. The van der Waals surface area contributed by atoms with E-state index in [4.69, 9.17) is 23.2 Å². The summed E-state index contributed by atoms with van der Waals surface area (Å²) in [6.45, 7) is 3.26. The molecule has 0 heterocycles. The summed E-state index contributed by atoms with van der Waals surface area (Å²) in [7, 11) is -4.21. The highest BCUT2D eigenvalue weighted by Gasteiger charge is 2.35. The minimum atomic E-state index is -4.21. The second-order valence-electron chi connectivity index (χ2n) is 10.4. The van der Waals surface area contributed by atoms with E-state index in [-0.39, 0.29) is 35.5 Å². The van der Waals surface area contributed by atoms with Crippen molar-refractivity contribution in [2.24, 2.45) is 0 Å². The summed E-state index contributed by atoms with van der Waals surface area (Å²) in [5.74, 6) is -0.923. The predicted octanol–water partition coefficient (Wildman–Crippen LogP) is 6.74. The molecule has 230 valence electrons. The first kappa shape index (κ1) is 33.1. The molecule has 0 radical (unpaired) electrons. The lowest BCUT2D eigenvalue weighted by molar-refractivity contribution is -0.140. The number of hydrogen-bond acceptors (Lipinski definition) is 4. The number of carbonyl (C=O) groups excluding carboxylic acids is 2. The second-order valence-corrected chi connectivity index (χ2v) is 13.1. The van der Waals surface area contributed by atoms with Gasteiger partial charge in [-0.25, -0.2) is 8.42 Å². The quantitative estimate of drug-likeness (QED) is 0.173. The molecule has 0 aliphatic heterocycles. The Morgan fingerprint density at radius 1 is 0.841 bits per heavy atom. The Kier molecular flexibility index (Phi) is 11.4. The van der Waals surface area contributed by atoms with Gasteiger partial charge in [-0.3, -0.25) is 13.9 Å². The Morgan fingerprint density at radius 3 is 2.11 bits per heavy atom. The van der Waals surface area contributed by atoms with Crippen LogP contribution in [0.15, 0.2) is 114 Å². The summed E-state index contributed by atoms with van der Waals surface area (Å²) < 4.78 is 29.0. The van der Waals surface area contributed by atoms with Crippen LogP contribution >= 0.6 is 23.2 Å². The van der Waals surface area contributed by atoms with E-state index in [0.29, 0.717) is 22.0 Å². The van der Waals surface area contributed by atoms with Crippen LogP contribution in [0.4, 0.5) is 5.69 Å². The van der Waals surface area contributed by atoms with Gasteiger partial charge in [0.15, 0.2) is 0 Å². The third-order valence-corrected chi connectivity index (χ3v) is 9.67. The summed E-state index contributed by atoms with van der Waals surface area (Å²) >= 11 is 12.8. The molecule has 0 saturated carbocycles. The topological polar surface area (TPSA) is 86.8 Å². The number of halogens is 2. The largest absolute Gasteiger partial charge is 0.352 e. The van der Waals surface area contributed by atoms with Gasteiger partial charge >= 0.3 is 0 Å². The van der Waals surface area contributed by atoms with Crippen molar-refractivity contribution in [2.75, 3.05) is 10.8 Å². The van der Waals surface area contributed by atoms with Gasteiger partial charge in [0.2, 0.25) is 11.8 Å². The van der Waals surface area contributed by atoms with Gasteiger partial charge in [-0.05, 0) is 60.9 Å². The number of benzene rings is 4. The van der Waals surface area contributed by atoms with Crippen LogP contribution in [0.1, 0.15) is 31.4 Å². The van der Waals surface area contributed by atoms with E-state index in [9.17, 15) is 18.0 Å². The number of amides is 2. The van der Waals surface area contributed by atoms with E-state index in [2.05, 4.69) is 5.32 Å². The van der Waals surface area contributed by atoms with Crippen molar-refractivity contribution in [3.63, 3.8) is 0 Å². The number of rotatable bonds is 13. The molecule has 4 rings (SSSR count). The molecule has 4 aromatic rings. The molecule has 0 bridgehead atoms. The number of carbonyl (C=O) groups is 2. The Hall–Kier alpha value is -3.85. The molecule has 2 atom stereocenters. The Morgan fingerprint density at radius 2 is 1.48 bits per heavy atom. The standard InChI is InChI=1S/C34H35Cl2N3O4S/c1-3-25(2)37-34(41)32(21-26-13-6-4-7-14-26)38(23-27-15-10-11-20-31(27)36)33(40)24-39(29-17-12-16-28(35)22-29)44(42,43)30-18-8-5-9-19-30/h4-20,22,25,32H,3,21,23-24H2,1-2H3,(H,37,41)/t25-,32-/m1/s1. The minimum Gasteiger partial charge on any atom is -0.352 e. The van der Waals surface area contributed by atoms with E-state index in [1.165, 1.54) is 23.1 Å². The van der Waals surface area contributed by atoms with Gasteiger partial charge in [-0.15, -0.1) is 0 Å². The lowest BCUT2D eigenvalue weighted by Crippen LogP contribution is -2.54. The number of sulfonamides is 1. The van der Waals surface area contributed by atoms with Crippen LogP contribution in [0.5, 0.6) is 0 Å². The molecule has 0 spiro atoms. The summed E-state index contributed by atoms with van der Waals surface area (Å²) in [5, 5.41) is 3.76. The number of nitrogens with zero attached hydrogens (tertiary/aromatic N) is 2. The molecule has 0 saturated heterocycles. The first-order valence-corrected chi connectivity index (χ1v) is 16.5. The van der Waals surface area contributed by atoms with Crippen molar-refractivity contribution in [3.05, 3.63) is 130 Å². The molecule has 2 amide bonds. The van der Waals surface area contributed by atoms with Crippen molar-refractivity contribution in [1.82, 2.24) is 10.2 Å². The lowest BCUT2D eigenvalue weighted by Gasteiger charge is -2.34. The van der Waals surface area contributed by atoms with Crippen LogP contribution in [0.2, 0.25) is 10.0 Å². The average molecular weight is 653 g/mol. The first-order valence-electron chi connectivity index (χ1n) is 14.3. The molecule has 0 aromatic heterocycles. The number of hydrogen-bond donors (Lipinski definition) is 1. The SMILES string of the molecule is CC[C@@H](C)NC(=O)[C@@H](Cc1ccccc1)N(Cc1ccccc1Cl)C(=O)CN(c1cccc(Cl)c1)S(=O)(=O)c1ccccc1. The van der Waals surface area contributed by atoms with E-state index in [1.54, 1.807) is 60.7 Å². The molecule has 0 aliphatic carbocycles. The van der Waals surface area contributed by atoms with Crippen molar-refractivity contribution in [3.8, 4) is 0 Å². The molecular weight excluding hydrogens is 617 g/mol. The summed E-state index contributed by atoms with van der Waals surface area (Å²) in [5.41, 5.74) is 1.69. The maximum atomic E-state index is 14.5. The minimum absolute atomic E-state index is 0.0146. The fourth-order valence-corrected chi connectivity index (χ4v) is 6.49. The van der Waals surface area contributed by atoms with E-state index in [0.717, 1.165) is 9.87 Å². The Labute approximate surface area is 269 Å². The average Bonchev–Trinajstić information content (AvgIpc) is 3.03. The van der Waals surface area contributed by atoms with Crippen LogP contribution < -0.4 is 9.62 Å². The monoisotopic (exact) mass is 651 g/mol. The highest BCUT2D eigenvalue weighted by atomic mass is 35.5. The first-order chi connectivity index (χ1) is 21.1. The van der Waals surface area contributed by atoms with E-state index >= 15 is 0 Å². The summed E-state index contributed by atoms with van der Waals surface area (Å²) in [6, 6.07) is 29.6. The van der Waals surface area contributed by atoms with Crippen LogP contribution in [0.3, 0.4) is 0 Å².